The smallest absolute Gasteiger partial charge is 0.270 e. The molecule has 3 aromatic rings. The molecule has 1 aliphatic rings. The van der Waals surface area contributed by atoms with Crippen LogP contribution in [0.1, 0.15) is 22.3 Å². The van der Waals surface area contributed by atoms with Crippen LogP contribution in [0.5, 0.6) is 11.5 Å². The summed E-state index contributed by atoms with van der Waals surface area (Å²) in [7, 11) is 1.59. The Kier molecular flexibility index (Phi) is 7.08. The summed E-state index contributed by atoms with van der Waals surface area (Å²) in [6.07, 6.45) is 1.81. The van der Waals surface area contributed by atoms with Crippen molar-refractivity contribution in [3.8, 4) is 11.5 Å². The molecule has 33 heavy (non-hydrogen) atoms. The van der Waals surface area contributed by atoms with Gasteiger partial charge in [0, 0.05) is 10.6 Å². The number of aryl methyl sites for hydroxylation is 2. The van der Waals surface area contributed by atoms with Gasteiger partial charge in [0.1, 0.15) is 6.61 Å². The van der Waals surface area contributed by atoms with E-state index in [9.17, 15) is 4.79 Å². The molecule has 1 saturated heterocycles. The Balaban J connectivity index is 1.64. The Labute approximate surface area is 208 Å². The van der Waals surface area contributed by atoms with Crippen molar-refractivity contribution in [2.75, 3.05) is 12.0 Å². The summed E-state index contributed by atoms with van der Waals surface area (Å²) < 4.78 is 12.1. The number of carbonyl (C=O) groups excluding carboxylic acids is 1. The summed E-state index contributed by atoms with van der Waals surface area (Å²) >= 11 is 12.8. The number of benzene rings is 3. The molecule has 0 atom stereocenters. The second-order valence-corrected chi connectivity index (χ2v) is 9.69. The van der Waals surface area contributed by atoms with Crippen LogP contribution in [0.15, 0.2) is 65.6 Å². The molecule has 0 unspecified atom stereocenters. The van der Waals surface area contributed by atoms with Gasteiger partial charge in [-0.1, -0.05) is 65.9 Å². The zero-order chi connectivity index (χ0) is 23.5. The van der Waals surface area contributed by atoms with Crippen molar-refractivity contribution in [1.29, 1.82) is 0 Å². The maximum atomic E-state index is 13.3. The molecule has 3 aromatic carbocycles. The van der Waals surface area contributed by atoms with Crippen molar-refractivity contribution in [3.63, 3.8) is 0 Å². The predicted molar refractivity (Wildman–Crippen MR) is 140 cm³/mol. The summed E-state index contributed by atoms with van der Waals surface area (Å²) in [5.41, 5.74) is 4.75. The molecule has 0 aromatic heterocycles. The number of hydrogen-bond acceptors (Lipinski definition) is 5. The second kappa shape index (κ2) is 10.00. The summed E-state index contributed by atoms with van der Waals surface area (Å²) in [4.78, 5) is 15.4. The Morgan fingerprint density at radius 1 is 1.06 bits per heavy atom. The van der Waals surface area contributed by atoms with Gasteiger partial charge in [0.05, 0.1) is 17.7 Å². The molecule has 168 valence electrons. The molecule has 1 aliphatic heterocycles. The molecule has 4 rings (SSSR count). The highest BCUT2D eigenvalue weighted by Crippen LogP contribution is 2.39. The molecule has 1 amide bonds. The first-order chi connectivity index (χ1) is 15.9. The Morgan fingerprint density at radius 3 is 2.52 bits per heavy atom. The van der Waals surface area contributed by atoms with Gasteiger partial charge in [0.2, 0.25) is 0 Å². The zero-order valence-corrected chi connectivity index (χ0v) is 20.8. The number of amides is 1. The minimum Gasteiger partial charge on any atom is -0.493 e. The quantitative estimate of drug-likeness (QED) is 0.273. The first-order valence-corrected chi connectivity index (χ1v) is 11.9. The van der Waals surface area contributed by atoms with Crippen molar-refractivity contribution < 1.29 is 14.3 Å². The van der Waals surface area contributed by atoms with Gasteiger partial charge >= 0.3 is 0 Å². The molecule has 0 radical (unpaired) electrons. The summed E-state index contributed by atoms with van der Waals surface area (Å²) in [5.74, 6) is 0.994. The number of rotatable bonds is 6. The average Bonchev–Trinajstić information content (AvgIpc) is 3.08. The molecular weight excluding hydrogens is 474 g/mol. The molecule has 1 heterocycles. The molecule has 1 fully saturated rings. The fourth-order valence-corrected chi connectivity index (χ4v) is 4.81. The third kappa shape index (κ3) is 5.08. The third-order valence-electron chi connectivity index (χ3n) is 5.35. The monoisotopic (exact) mass is 495 g/mol. The maximum Gasteiger partial charge on any atom is 0.270 e. The van der Waals surface area contributed by atoms with Crippen molar-refractivity contribution in [1.82, 2.24) is 0 Å². The Hall–Kier alpha value is -2.80. The van der Waals surface area contributed by atoms with Crippen molar-refractivity contribution in [3.05, 3.63) is 92.8 Å². The largest absolute Gasteiger partial charge is 0.493 e. The van der Waals surface area contributed by atoms with Crippen molar-refractivity contribution >= 4 is 57.6 Å². The Morgan fingerprint density at radius 2 is 1.82 bits per heavy atom. The molecule has 0 spiro atoms. The third-order valence-corrected chi connectivity index (χ3v) is 6.91. The standard InChI is InChI=1S/C26H22ClNO3S2/c1-16-7-12-21(13-17(16)2)28-25(29)23(33-26(28)32)14-19-5-4-6-22(30-3)24(19)31-15-18-8-10-20(27)11-9-18/h4-14H,15H2,1-3H3/b23-14+. The number of nitrogens with zero attached hydrogens (tertiary/aromatic N) is 1. The van der Waals surface area contributed by atoms with E-state index in [1.165, 1.54) is 17.3 Å². The van der Waals surface area contributed by atoms with Gasteiger partial charge in [0.25, 0.3) is 5.91 Å². The highest BCUT2D eigenvalue weighted by atomic mass is 35.5. The number of methoxy groups -OCH3 is 1. The number of anilines is 1. The van der Waals surface area contributed by atoms with E-state index in [-0.39, 0.29) is 5.91 Å². The minimum absolute atomic E-state index is 0.153. The lowest BCUT2D eigenvalue weighted by Gasteiger charge is -2.16. The molecule has 0 saturated carbocycles. The number of carbonyl (C=O) groups is 1. The lowest BCUT2D eigenvalue weighted by Crippen LogP contribution is -2.27. The number of ether oxygens (including phenoxy) is 2. The van der Waals surface area contributed by atoms with E-state index in [4.69, 9.17) is 33.3 Å². The molecule has 0 bridgehead atoms. The lowest BCUT2D eigenvalue weighted by atomic mass is 10.1. The van der Waals surface area contributed by atoms with E-state index >= 15 is 0 Å². The van der Waals surface area contributed by atoms with E-state index in [1.54, 1.807) is 18.1 Å². The lowest BCUT2D eigenvalue weighted by molar-refractivity contribution is -0.113. The van der Waals surface area contributed by atoms with Crippen LogP contribution >= 0.6 is 35.6 Å². The van der Waals surface area contributed by atoms with Crippen molar-refractivity contribution in [2.24, 2.45) is 0 Å². The topological polar surface area (TPSA) is 38.8 Å². The van der Waals surface area contributed by atoms with Crippen LogP contribution in [0.25, 0.3) is 6.08 Å². The SMILES string of the molecule is COc1cccc(/C=C2/SC(=S)N(c3ccc(C)c(C)c3)C2=O)c1OCc1ccc(Cl)cc1. The highest BCUT2D eigenvalue weighted by molar-refractivity contribution is 8.27. The normalized spacial score (nSPS) is 14.8. The summed E-state index contributed by atoms with van der Waals surface area (Å²) in [6.45, 7) is 4.40. The summed E-state index contributed by atoms with van der Waals surface area (Å²) in [5, 5.41) is 0.669. The second-order valence-electron chi connectivity index (χ2n) is 7.58. The summed E-state index contributed by atoms with van der Waals surface area (Å²) in [6, 6.07) is 18.9. The molecule has 0 aliphatic carbocycles. The maximum absolute atomic E-state index is 13.3. The Bertz CT molecular complexity index is 1250. The zero-order valence-electron chi connectivity index (χ0n) is 18.4. The minimum atomic E-state index is -0.153. The first-order valence-electron chi connectivity index (χ1n) is 10.3. The van der Waals surface area contributed by atoms with E-state index < -0.39 is 0 Å². The van der Waals surface area contributed by atoms with Gasteiger partial charge in [0.15, 0.2) is 15.8 Å². The van der Waals surface area contributed by atoms with Crippen LogP contribution in [0.4, 0.5) is 5.69 Å². The molecule has 0 N–H and O–H groups in total. The molecular formula is C26H22ClNO3S2. The molecule has 7 heteroatoms. The van der Waals surface area contributed by atoms with Crippen molar-refractivity contribution in [2.45, 2.75) is 20.5 Å². The number of halogens is 1. The highest BCUT2D eigenvalue weighted by Gasteiger charge is 2.33. The number of thiocarbonyl (C=S) groups is 1. The van der Waals surface area contributed by atoms with Gasteiger partial charge in [-0.3, -0.25) is 9.69 Å². The van der Waals surface area contributed by atoms with Crippen LogP contribution < -0.4 is 14.4 Å². The van der Waals surface area contributed by atoms with Gasteiger partial charge < -0.3 is 9.47 Å². The van der Waals surface area contributed by atoms with E-state index in [0.29, 0.717) is 32.4 Å². The van der Waals surface area contributed by atoms with Crippen LogP contribution in [0, 0.1) is 13.8 Å². The van der Waals surface area contributed by atoms with E-state index in [1.807, 2.05) is 74.5 Å². The van der Waals surface area contributed by atoms with E-state index in [2.05, 4.69) is 0 Å². The van der Waals surface area contributed by atoms with Gasteiger partial charge in [-0.05, 0) is 66.9 Å². The van der Waals surface area contributed by atoms with Crippen LogP contribution in [0.3, 0.4) is 0 Å². The first kappa shape index (κ1) is 23.4. The van der Waals surface area contributed by atoms with Crippen LogP contribution in [0.2, 0.25) is 5.02 Å². The van der Waals surface area contributed by atoms with Crippen LogP contribution in [-0.4, -0.2) is 17.3 Å². The number of para-hydroxylation sites is 1. The fraction of sp³-hybridized carbons (Fsp3) is 0.154. The van der Waals surface area contributed by atoms with Gasteiger partial charge in [-0.15, -0.1) is 0 Å². The van der Waals surface area contributed by atoms with Crippen LogP contribution in [-0.2, 0) is 11.4 Å². The number of thioether (sulfide) groups is 1. The van der Waals surface area contributed by atoms with Gasteiger partial charge in [-0.25, -0.2) is 0 Å². The molecule has 4 nitrogen and oxygen atoms in total. The van der Waals surface area contributed by atoms with Gasteiger partial charge in [-0.2, -0.15) is 0 Å². The van der Waals surface area contributed by atoms with E-state index in [0.717, 1.165) is 22.4 Å². The average molecular weight is 496 g/mol. The fourth-order valence-electron chi connectivity index (χ4n) is 3.39. The number of hydrogen-bond donors (Lipinski definition) is 0. The predicted octanol–water partition coefficient (Wildman–Crippen LogP) is 6.95.